The zero-order valence-corrected chi connectivity index (χ0v) is 18.2. The molecule has 1 amide bonds. The van der Waals surface area contributed by atoms with Gasteiger partial charge in [0.05, 0.1) is 9.92 Å². The van der Waals surface area contributed by atoms with E-state index in [1.54, 1.807) is 58.0 Å². The van der Waals surface area contributed by atoms with Gasteiger partial charge in [-0.3, -0.25) is 4.79 Å². The summed E-state index contributed by atoms with van der Waals surface area (Å²) in [5, 5.41) is 3.17. The summed E-state index contributed by atoms with van der Waals surface area (Å²) in [4.78, 5) is 12.5. The van der Waals surface area contributed by atoms with Crippen LogP contribution in [0, 0.1) is 0 Å². The fourth-order valence-corrected chi connectivity index (χ4v) is 4.07. The first-order valence-corrected chi connectivity index (χ1v) is 10.7. The summed E-state index contributed by atoms with van der Waals surface area (Å²) in [7, 11) is -3.72. The molecule has 6 nitrogen and oxygen atoms in total. The summed E-state index contributed by atoms with van der Waals surface area (Å²) < 4.78 is 33.0. The molecule has 0 heterocycles. The van der Waals surface area contributed by atoms with E-state index in [0.717, 1.165) is 0 Å². The van der Waals surface area contributed by atoms with Gasteiger partial charge in [-0.05, 0) is 58.0 Å². The lowest BCUT2D eigenvalue weighted by Crippen LogP contribution is -2.40. The summed E-state index contributed by atoms with van der Waals surface area (Å²) in [6.07, 6.45) is -0.885. The van der Waals surface area contributed by atoms with E-state index in [9.17, 15) is 13.2 Å². The van der Waals surface area contributed by atoms with Gasteiger partial charge in [0, 0.05) is 11.2 Å². The minimum absolute atomic E-state index is 0.0479. The fraction of sp³-hybridized carbons (Fsp3) is 0.316. The second-order valence-corrected chi connectivity index (χ2v) is 9.65. The summed E-state index contributed by atoms with van der Waals surface area (Å²) in [5.74, 6) is -0.183. The molecule has 152 valence electrons. The Balaban J connectivity index is 2.13. The number of carbonyl (C=O) groups is 1. The van der Waals surface area contributed by atoms with Crippen LogP contribution in [0.3, 0.4) is 0 Å². The normalized spacial score (nSPS) is 13.1. The number of amides is 1. The van der Waals surface area contributed by atoms with Crippen molar-refractivity contribution in [1.82, 2.24) is 4.72 Å². The lowest BCUT2D eigenvalue weighted by Gasteiger charge is -2.20. The average Bonchev–Trinajstić information content (AvgIpc) is 2.57. The Labute approximate surface area is 175 Å². The quantitative estimate of drug-likeness (QED) is 0.687. The van der Waals surface area contributed by atoms with E-state index in [1.165, 1.54) is 12.1 Å². The minimum atomic E-state index is -3.72. The Hall–Kier alpha value is -1.80. The number of benzene rings is 2. The van der Waals surface area contributed by atoms with Crippen LogP contribution >= 0.6 is 23.2 Å². The lowest BCUT2D eigenvalue weighted by atomic mass is 10.1. The van der Waals surface area contributed by atoms with Gasteiger partial charge in [-0.15, -0.1) is 0 Å². The lowest BCUT2D eigenvalue weighted by molar-refractivity contribution is -0.122. The van der Waals surface area contributed by atoms with Crippen molar-refractivity contribution < 1.29 is 17.9 Å². The Morgan fingerprint density at radius 2 is 1.75 bits per heavy atom. The van der Waals surface area contributed by atoms with E-state index in [-0.39, 0.29) is 15.7 Å². The van der Waals surface area contributed by atoms with Gasteiger partial charge in [0.2, 0.25) is 10.0 Å². The molecule has 2 aromatic carbocycles. The zero-order valence-electron chi connectivity index (χ0n) is 15.9. The van der Waals surface area contributed by atoms with Crippen LogP contribution in [0.15, 0.2) is 47.4 Å². The predicted octanol–water partition coefficient (Wildman–Crippen LogP) is 4.48. The first-order valence-electron chi connectivity index (χ1n) is 8.44. The molecule has 1 atom stereocenters. The molecule has 0 aliphatic rings. The molecule has 0 aliphatic heterocycles. The highest BCUT2D eigenvalue weighted by Crippen LogP contribution is 2.32. The highest BCUT2D eigenvalue weighted by atomic mass is 35.5. The molecule has 0 aromatic heterocycles. The molecule has 0 saturated carbocycles. The van der Waals surface area contributed by atoms with Crippen LogP contribution in [0.25, 0.3) is 0 Å². The topological polar surface area (TPSA) is 84.5 Å². The Morgan fingerprint density at radius 3 is 2.39 bits per heavy atom. The van der Waals surface area contributed by atoms with Gasteiger partial charge < -0.3 is 10.1 Å². The second-order valence-electron chi connectivity index (χ2n) is 7.18. The van der Waals surface area contributed by atoms with Gasteiger partial charge in [-0.1, -0.05) is 35.3 Å². The van der Waals surface area contributed by atoms with Gasteiger partial charge in [0.25, 0.3) is 5.91 Å². The van der Waals surface area contributed by atoms with E-state index in [0.29, 0.717) is 10.7 Å². The van der Waals surface area contributed by atoms with E-state index < -0.39 is 27.6 Å². The van der Waals surface area contributed by atoms with Crippen LogP contribution in [-0.4, -0.2) is 26.0 Å². The summed E-state index contributed by atoms with van der Waals surface area (Å²) >= 11 is 12.0. The van der Waals surface area contributed by atoms with Crippen molar-refractivity contribution in [1.29, 1.82) is 0 Å². The molecule has 9 heteroatoms. The molecular formula is C19H22Cl2N2O4S. The number of anilines is 1. The first kappa shape index (κ1) is 22.5. The zero-order chi connectivity index (χ0) is 21.1. The van der Waals surface area contributed by atoms with E-state index in [4.69, 9.17) is 27.9 Å². The van der Waals surface area contributed by atoms with Crippen molar-refractivity contribution in [3.63, 3.8) is 0 Å². The number of hydrogen-bond acceptors (Lipinski definition) is 4. The van der Waals surface area contributed by atoms with Crippen molar-refractivity contribution in [3.05, 3.63) is 52.5 Å². The van der Waals surface area contributed by atoms with Crippen molar-refractivity contribution in [2.75, 3.05) is 5.32 Å². The summed E-state index contributed by atoms with van der Waals surface area (Å²) in [6.45, 7) is 6.79. The highest BCUT2D eigenvalue weighted by molar-refractivity contribution is 7.89. The largest absolute Gasteiger partial charge is 0.479 e. The number of ether oxygens (including phenoxy) is 1. The monoisotopic (exact) mass is 444 g/mol. The van der Waals surface area contributed by atoms with Crippen molar-refractivity contribution in [3.8, 4) is 5.75 Å². The standard InChI is InChI=1S/C19H22Cl2N2O4S/c1-12(27-16-10-6-9-15(20)17(16)21)18(24)22-13-7-5-8-14(11-13)28(25,26)23-19(2,3)4/h5-12,23H,1-4H3,(H,22,24). The van der Waals surface area contributed by atoms with Crippen LogP contribution in [-0.2, 0) is 14.8 Å². The Morgan fingerprint density at radius 1 is 1.11 bits per heavy atom. The number of sulfonamides is 1. The number of halogens is 2. The van der Waals surface area contributed by atoms with E-state index in [1.807, 2.05) is 0 Å². The molecule has 0 spiro atoms. The smallest absolute Gasteiger partial charge is 0.265 e. The SMILES string of the molecule is CC(Oc1cccc(Cl)c1Cl)C(=O)Nc1cccc(S(=O)(=O)NC(C)(C)C)c1. The van der Waals surface area contributed by atoms with Crippen LogP contribution < -0.4 is 14.8 Å². The van der Waals surface area contributed by atoms with Crippen molar-refractivity contribution >= 4 is 44.8 Å². The molecule has 28 heavy (non-hydrogen) atoms. The molecule has 0 fully saturated rings. The van der Waals surface area contributed by atoms with Crippen LogP contribution in [0.2, 0.25) is 10.0 Å². The van der Waals surface area contributed by atoms with Gasteiger partial charge >= 0.3 is 0 Å². The molecule has 0 saturated heterocycles. The maximum absolute atomic E-state index is 12.5. The van der Waals surface area contributed by atoms with Crippen molar-refractivity contribution in [2.24, 2.45) is 0 Å². The molecule has 0 bridgehead atoms. The maximum atomic E-state index is 12.5. The Kier molecular flexibility index (Phi) is 6.98. The molecule has 1 unspecified atom stereocenters. The number of rotatable bonds is 6. The van der Waals surface area contributed by atoms with Gasteiger partial charge in [0.15, 0.2) is 6.10 Å². The van der Waals surface area contributed by atoms with E-state index >= 15 is 0 Å². The van der Waals surface area contributed by atoms with Crippen LogP contribution in [0.1, 0.15) is 27.7 Å². The Bertz CT molecular complexity index is 972. The molecule has 2 rings (SSSR count). The third kappa shape index (κ3) is 6.10. The number of nitrogens with one attached hydrogen (secondary N) is 2. The molecule has 2 aromatic rings. The second kappa shape index (κ2) is 8.69. The van der Waals surface area contributed by atoms with E-state index in [2.05, 4.69) is 10.0 Å². The van der Waals surface area contributed by atoms with Crippen LogP contribution in [0.4, 0.5) is 5.69 Å². The summed E-state index contributed by atoms with van der Waals surface area (Å²) in [5.41, 5.74) is -0.300. The van der Waals surface area contributed by atoms with Crippen molar-refractivity contribution in [2.45, 2.75) is 44.2 Å². The van der Waals surface area contributed by atoms with Crippen LogP contribution in [0.5, 0.6) is 5.75 Å². The molecule has 0 aliphatic carbocycles. The van der Waals surface area contributed by atoms with Gasteiger partial charge in [-0.25, -0.2) is 13.1 Å². The maximum Gasteiger partial charge on any atom is 0.265 e. The summed E-state index contributed by atoms with van der Waals surface area (Å²) in [6, 6.07) is 10.8. The highest BCUT2D eigenvalue weighted by Gasteiger charge is 2.23. The fourth-order valence-electron chi connectivity index (χ4n) is 2.27. The molecule has 0 radical (unpaired) electrons. The first-order chi connectivity index (χ1) is 12.9. The minimum Gasteiger partial charge on any atom is -0.479 e. The average molecular weight is 445 g/mol. The van der Waals surface area contributed by atoms with Gasteiger partial charge in [-0.2, -0.15) is 0 Å². The number of hydrogen-bond donors (Lipinski definition) is 2. The molecule has 2 N–H and O–H groups in total. The van der Waals surface area contributed by atoms with Gasteiger partial charge in [0.1, 0.15) is 10.8 Å². The third-order valence-electron chi connectivity index (χ3n) is 3.44. The molecular weight excluding hydrogens is 423 g/mol. The number of carbonyl (C=O) groups excluding carboxylic acids is 1. The third-order valence-corrected chi connectivity index (χ3v) is 6.00. The predicted molar refractivity (Wildman–Crippen MR) is 112 cm³/mol.